The van der Waals surface area contributed by atoms with Gasteiger partial charge in [-0.3, -0.25) is 14.6 Å². The normalized spacial score (nSPS) is 15.6. The number of nitrogens with zero attached hydrogens (tertiary/aromatic N) is 3. The number of hydrogen-bond donors (Lipinski definition) is 1. The summed E-state index contributed by atoms with van der Waals surface area (Å²) in [6.45, 7) is 2.39. The summed E-state index contributed by atoms with van der Waals surface area (Å²) in [4.78, 5) is 44.4. The number of amides is 3. The Labute approximate surface area is 213 Å². The molecule has 0 aliphatic carbocycles. The number of imide groups is 1. The quantitative estimate of drug-likeness (QED) is 0.431. The van der Waals surface area contributed by atoms with Crippen LogP contribution in [0.3, 0.4) is 0 Å². The zero-order valence-corrected chi connectivity index (χ0v) is 20.6. The molecule has 1 aliphatic heterocycles. The zero-order chi connectivity index (χ0) is 25.7. The van der Waals surface area contributed by atoms with E-state index in [0.717, 1.165) is 5.56 Å². The topological polar surface area (TPSA) is 101 Å². The Morgan fingerprint density at radius 3 is 2.42 bits per heavy atom. The Balaban J connectivity index is 1.46. The van der Waals surface area contributed by atoms with Gasteiger partial charge in [-0.05, 0) is 55.0 Å². The molecule has 36 heavy (non-hydrogen) atoms. The number of methoxy groups -OCH3 is 1. The third-order valence-electron chi connectivity index (χ3n) is 5.67. The maximum absolute atomic E-state index is 13.1. The molecule has 1 saturated heterocycles. The molecular weight excluding hydrogens is 484 g/mol. The highest BCUT2D eigenvalue weighted by Gasteiger charge is 2.38. The Morgan fingerprint density at radius 2 is 1.81 bits per heavy atom. The minimum atomic E-state index is -0.553. The number of carbonyl (C=O) groups is 3. The van der Waals surface area contributed by atoms with E-state index in [1.165, 1.54) is 12.0 Å². The van der Waals surface area contributed by atoms with E-state index in [9.17, 15) is 14.4 Å². The number of pyridine rings is 1. The first-order valence-electron chi connectivity index (χ1n) is 11.3. The molecular formula is C26H25ClN4O5. The molecule has 186 valence electrons. The second kappa shape index (κ2) is 11.1. The molecule has 9 nitrogen and oxygen atoms in total. The van der Waals surface area contributed by atoms with Crippen LogP contribution in [0.25, 0.3) is 0 Å². The summed E-state index contributed by atoms with van der Waals surface area (Å²) < 4.78 is 10.4. The van der Waals surface area contributed by atoms with Crippen molar-refractivity contribution >= 4 is 35.2 Å². The Kier molecular flexibility index (Phi) is 7.70. The number of nitrogens with one attached hydrogen (secondary N) is 1. The maximum atomic E-state index is 13.1. The van der Waals surface area contributed by atoms with Gasteiger partial charge in [0.25, 0.3) is 0 Å². The molecule has 3 amide bonds. The van der Waals surface area contributed by atoms with Crippen LogP contribution in [-0.4, -0.2) is 52.5 Å². The van der Waals surface area contributed by atoms with E-state index >= 15 is 0 Å². The number of carbonyl (C=O) groups excluding carboxylic acids is 3. The van der Waals surface area contributed by atoms with E-state index < -0.39 is 12.1 Å². The Bertz CT molecular complexity index is 1230. The second-order valence-corrected chi connectivity index (χ2v) is 8.48. The van der Waals surface area contributed by atoms with Gasteiger partial charge < -0.3 is 14.8 Å². The van der Waals surface area contributed by atoms with Crippen molar-refractivity contribution in [3.8, 4) is 11.6 Å². The van der Waals surface area contributed by atoms with E-state index in [2.05, 4.69) is 15.0 Å². The van der Waals surface area contributed by atoms with Crippen LogP contribution >= 0.6 is 11.6 Å². The van der Waals surface area contributed by atoms with E-state index in [0.29, 0.717) is 41.0 Å². The molecule has 0 spiro atoms. The monoisotopic (exact) mass is 508 g/mol. The molecule has 4 rings (SSSR count). The minimum Gasteiger partial charge on any atom is -0.465 e. The molecule has 1 unspecified atom stereocenters. The molecule has 0 radical (unpaired) electrons. The van der Waals surface area contributed by atoms with Crippen molar-refractivity contribution in [1.82, 2.24) is 14.8 Å². The molecule has 1 aliphatic rings. The third-order valence-corrected chi connectivity index (χ3v) is 5.92. The van der Waals surface area contributed by atoms with E-state index in [1.54, 1.807) is 66.6 Å². The first-order valence-corrected chi connectivity index (χ1v) is 11.7. The maximum Gasteiger partial charge on any atom is 0.337 e. The summed E-state index contributed by atoms with van der Waals surface area (Å²) in [5.74, 6) is 0.183. The predicted molar refractivity (Wildman–Crippen MR) is 134 cm³/mol. The second-order valence-electron chi connectivity index (χ2n) is 8.04. The summed E-state index contributed by atoms with van der Waals surface area (Å²) in [6.07, 6.45) is 1.14. The molecule has 3 aromatic rings. The van der Waals surface area contributed by atoms with E-state index in [-0.39, 0.29) is 18.4 Å². The van der Waals surface area contributed by atoms with E-state index in [4.69, 9.17) is 16.3 Å². The first-order chi connectivity index (χ1) is 17.4. The summed E-state index contributed by atoms with van der Waals surface area (Å²) in [6, 6.07) is 16.8. The van der Waals surface area contributed by atoms with Crippen molar-refractivity contribution in [3.05, 3.63) is 83.0 Å². The van der Waals surface area contributed by atoms with Gasteiger partial charge in [-0.1, -0.05) is 23.7 Å². The van der Waals surface area contributed by atoms with Gasteiger partial charge >= 0.3 is 12.0 Å². The number of halogens is 1. The van der Waals surface area contributed by atoms with Crippen LogP contribution in [0.4, 0.5) is 10.5 Å². The highest BCUT2D eigenvalue weighted by molar-refractivity contribution is 6.30. The highest BCUT2D eigenvalue weighted by Crippen LogP contribution is 2.25. The van der Waals surface area contributed by atoms with Crippen molar-refractivity contribution in [2.45, 2.75) is 26.1 Å². The lowest BCUT2D eigenvalue weighted by molar-refractivity contribution is -0.132. The summed E-state index contributed by atoms with van der Waals surface area (Å²) in [5.41, 5.74) is 1.93. The molecule has 2 heterocycles. The summed E-state index contributed by atoms with van der Waals surface area (Å²) >= 11 is 5.99. The van der Waals surface area contributed by atoms with Crippen LogP contribution in [0.1, 0.15) is 29.3 Å². The minimum absolute atomic E-state index is 0.123. The summed E-state index contributed by atoms with van der Waals surface area (Å²) in [5, 5.41) is 3.86. The van der Waals surface area contributed by atoms with Crippen LogP contribution in [0, 0.1) is 0 Å². The lowest BCUT2D eigenvalue weighted by Gasteiger charge is -2.40. The number of anilines is 1. The van der Waals surface area contributed by atoms with Crippen molar-refractivity contribution in [2.75, 3.05) is 19.0 Å². The van der Waals surface area contributed by atoms with Gasteiger partial charge in [-0.25, -0.2) is 14.6 Å². The number of benzene rings is 2. The van der Waals surface area contributed by atoms with Gasteiger partial charge in [-0.15, -0.1) is 0 Å². The number of urea groups is 1. The van der Waals surface area contributed by atoms with Crippen molar-refractivity contribution in [2.24, 2.45) is 0 Å². The van der Waals surface area contributed by atoms with Crippen molar-refractivity contribution in [1.29, 1.82) is 0 Å². The number of rotatable bonds is 8. The van der Waals surface area contributed by atoms with Crippen LogP contribution in [-0.2, 0) is 16.1 Å². The van der Waals surface area contributed by atoms with Gasteiger partial charge in [0.05, 0.1) is 31.0 Å². The lowest BCUT2D eigenvalue weighted by Crippen LogP contribution is -2.58. The largest absolute Gasteiger partial charge is 0.465 e. The average Bonchev–Trinajstić information content (AvgIpc) is 2.89. The van der Waals surface area contributed by atoms with Gasteiger partial charge in [0.15, 0.2) is 0 Å². The van der Waals surface area contributed by atoms with E-state index in [1.807, 2.05) is 12.1 Å². The van der Waals surface area contributed by atoms with Gasteiger partial charge in [-0.2, -0.15) is 0 Å². The van der Waals surface area contributed by atoms with Crippen LogP contribution in [0.2, 0.25) is 5.02 Å². The van der Waals surface area contributed by atoms with Crippen LogP contribution in [0.15, 0.2) is 66.9 Å². The highest BCUT2D eigenvalue weighted by atomic mass is 35.5. The van der Waals surface area contributed by atoms with Crippen molar-refractivity contribution < 1.29 is 23.9 Å². The molecule has 2 aromatic carbocycles. The number of hydrogen-bond acceptors (Lipinski definition) is 7. The van der Waals surface area contributed by atoms with Gasteiger partial charge in [0.1, 0.15) is 11.9 Å². The number of aromatic nitrogens is 1. The zero-order valence-electron chi connectivity index (χ0n) is 19.8. The Morgan fingerprint density at radius 1 is 1.08 bits per heavy atom. The first kappa shape index (κ1) is 25.0. The molecule has 0 bridgehead atoms. The summed E-state index contributed by atoms with van der Waals surface area (Å²) in [7, 11) is 1.32. The predicted octanol–water partition coefficient (Wildman–Crippen LogP) is 4.93. The smallest absolute Gasteiger partial charge is 0.337 e. The van der Waals surface area contributed by atoms with Crippen LogP contribution in [0.5, 0.6) is 11.6 Å². The van der Waals surface area contributed by atoms with Gasteiger partial charge in [0, 0.05) is 24.2 Å². The number of ether oxygens (including phenoxy) is 2. The molecule has 10 heteroatoms. The molecule has 1 atom stereocenters. The number of esters is 1. The molecule has 1 N–H and O–H groups in total. The third kappa shape index (κ3) is 5.75. The lowest BCUT2D eigenvalue weighted by atomic mass is 10.1. The fourth-order valence-corrected chi connectivity index (χ4v) is 3.93. The van der Waals surface area contributed by atoms with Crippen LogP contribution < -0.4 is 10.1 Å². The standard InChI is InChI=1S/C26H25ClN4O5/c1-3-30-24(32)14-22(31(26(30)34)16-17-4-8-19(27)9-5-17)29-20-10-13-23(28-15-20)36-21-11-6-18(7-12-21)25(33)35-2/h4-13,15,22,29H,3,14,16H2,1-2H3. The van der Waals surface area contributed by atoms with Crippen molar-refractivity contribution in [3.63, 3.8) is 0 Å². The molecule has 1 fully saturated rings. The SMILES string of the molecule is CCN1C(=O)CC(Nc2ccc(Oc3ccc(C(=O)OC)cc3)nc2)N(Cc2ccc(Cl)cc2)C1=O. The molecule has 1 aromatic heterocycles. The Hall–Kier alpha value is -4.11. The molecule has 0 saturated carbocycles. The average molecular weight is 509 g/mol. The fourth-order valence-electron chi connectivity index (χ4n) is 3.80. The fraction of sp³-hybridized carbons (Fsp3) is 0.231. The van der Waals surface area contributed by atoms with Gasteiger partial charge in [0.2, 0.25) is 11.8 Å².